The highest BCUT2D eigenvalue weighted by Gasteiger charge is 2.03. The summed E-state index contributed by atoms with van der Waals surface area (Å²) in [6.07, 6.45) is 0.469. The normalized spacial score (nSPS) is 10.4. The lowest BCUT2D eigenvalue weighted by molar-refractivity contribution is -0.116. The van der Waals surface area contributed by atoms with Crippen molar-refractivity contribution in [1.29, 1.82) is 0 Å². The summed E-state index contributed by atoms with van der Waals surface area (Å²) in [5.74, 6) is 0.785. The van der Waals surface area contributed by atoms with E-state index in [0.29, 0.717) is 25.6 Å². The maximum Gasteiger partial charge on any atom is 0.225 e. The van der Waals surface area contributed by atoms with Gasteiger partial charge in [0.25, 0.3) is 0 Å². The Morgan fingerprint density at radius 3 is 2.83 bits per heavy atom. The quantitative estimate of drug-likeness (QED) is 0.781. The van der Waals surface area contributed by atoms with E-state index in [1.165, 1.54) is 0 Å². The van der Waals surface area contributed by atoms with Crippen LogP contribution in [0.5, 0.6) is 5.75 Å². The fraction of sp³-hybridized carbons (Fsp3) is 0.500. The lowest BCUT2D eigenvalue weighted by atomic mass is 10.3. The molecule has 0 aliphatic carbocycles. The molecule has 1 aromatic rings. The smallest absolute Gasteiger partial charge is 0.225 e. The lowest BCUT2D eigenvalue weighted by Gasteiger charge is -2.09. The van der Waals surface area contributed by atoms with Crippen molar-refractivity contribution < 1.29 is 9.53 Å². The largest absolute Gasteiger partial charge is 0.494 e. The first-order valence-electron chi connectivity index (χ1n) is 6.38. The molecule has 0 aromatic heterocycles. The molecule has 4 heteroatoms. The van der Waals surface area contributed by atoms with Crippen LogP contribution in [-0.4, -0.2) is 25.1 Å². The first-order chi connectivity index (χ1) is 8.61. The average Bonchev–Trinajstić information content (AvgIpc) is 2.29. The number of hydrogen-bond acceptors (Lipinski definition) is 3. The molecule has 18 heavy (non-hydrogen) atoms. The van der Waals surface area contributed by atoms with Crippen molar-refractivity contribution in [3.05, 3.63) is 24.3 Å². The van der Waals surface area contributed by atoms with E-state index in [4.69, 9.17) is 4.74 Å². The summed E-state index contributed by atoms with van der Waals surface area (Å²) in [5.41, 5.74) is 0.774. The second-order valence-corrected chi connectivity index (χ2v) is 4.37. The molecule has 0 atom stereocenters. The highest BCUT2D eigenvalue weighted by molar-refractivity contribution is 5.90. The maximum absolute atomic E-state index is 11.7. The Labute approximate surface area is 109 Å². The van der Waals surface area contributed by atoms with Gasteiger partial charge in [0, 0.05) is 30.8 Å². The minimum atomic E-state index is 0.0109. The molecule has 0 bridgehead atoms. The van der Waals surface area contributed by atoms with Crippen LogP contribution in [0.3, 0.4) is 0 Å². The molecule has 1 aromatic carbocycles. The molecule has 0 saturated carbocycles. The van der Waals surface area contributed by atoms with E-state index >= 15 is 0 Å². The van der Waals surface area contributed by atoms with Crippen molar-refractivity contribution in [2.45, 2.75) is 33.2 Å². The number of carbonyl (C=O) groups is 1. The molecule has 1 rings (SSSR count). The van der Waals surface area contributed by atoms with Gasteiger partial charge in [-0.2, -0.15) is 0 Å². The molecule has 0 spiro atoms. The van der Waals surface area contributed by atoms with Crippen molar-refractivity contribution in [3.63, 3.8) is 0 Å². The van der Waals surface area contributed by atoms with Gasteiger partial charge in [-0.25, -0.2) is 0 Å². The van der Waals surface area contributed by atoms with Crippen molar-refractivity contribution in [1.82, 2.24) is 5.32 Å². The van der Waals surface area contributed by atoms with Gasteiger partial charge < -0.3 is 15.4 Å². The third-order valence-corrected chi connectivity index (χ3v) is 2.33. The van der Waals surface area contributed by atoms with Gasteiger partial charge in [0.15, 0.2) is 0 Å². The van der Waals surface area contributed by atoms with Crippen molar-refractivity contribution in [2.24, 2.45) is 0 Å². The van der Waals surface area contributed by atoms with E-state index in [1.54, 1.807) is 0 Å². The van der Waals surface area contributed by atoms with E-state index in [-0.39, 0.29) is 5.91 Å². The molecule has 0 aliphatic heterocycles. The SMILES string of the molecule is CCOc1cccc(NC(=O)CCNC(C)C)c1. The summed E-state index contributed by atoms with van der Waals surface area (Å²) in [4.78, 5) is 11.7. The van der Waals surface area contributed by atoms with E-state index in [9.17, 15) is 4.79 Å². The molecule has 0 radical (unpaired) electrons. The summed E-state index contributed by atoms with van der Waals surface area (Å²) in [5, 5.41) is 6.06. The van der Waals surface area contributed by atoms with Crippen molar-refractivity contribution in [3.8, 4) is 5.75 Å². The van der Waals surface area contributed by atoms with Gasteiger partial charge in [-0.1, -0.05) is 19.9 Å². The predicted molar refractivity (Wildman–Crippen MR) is 74.0 cm³/mol. The lowest BCUT2D eigenvalue weighted by Crippen LogP contribution is -2.27. The zero-order chi connectivity index (χ0) is 13.4. The minimum Gasteiger partial charge on any atom is -0.494 e. The standard InChI is InChI=1S/C14H22N2O2/c1-4-18-13-7-5-6-12(10-13)16-14(17)8-9-15-11(2)3/h5-7,10-11,15H,4,8-9H2,1-3H3,(H,16,17). The highest BCUT2D eigenvalue weighted by atomic mass is 16.5. The molecular formula is C14H22N2O2. The average molecular weight is 250 g/mol. The fourth-order valence-corrected chi connectivity index (χ4v) is 1.53. The number of rotatable bonds is 7. The number of hydrogen-bond donors (Lipinski definition) is 2. The number of amides is 1. The van der Waals surface area contributed by atoms with Gasteiger partial charge in [-0.3, -0.25) is 4.79 Å². The summed E-state index contributed by atoms with van der Waals surface area (Å²) in [6.45, 7) is 7.36. The molecular weight excluding hydrogens is 228 g/mol. The van der Waals surface area contributed by atoms with Crippen LogP contribution in [-0.2, 0) is 4.79 Å². The van der Waals surface area contributed by atoms with Crippen LogP contribution in [0, 0.1) is 0 Å². The molecule has 1 amide bonds. The fourth-order valence-electron chi connectivity index (χ4n) is 1.53. The van der Waals surface area contributed by atoms with E-state index in [0.717, 1.165) is 11.4 Å². The van der Waals surface area contributed by atoms with Crippen LogP contribution >= 0.6 is 0 Å². The zero-order valence-electron chi connectivity index (χ0n) is 11.3. The van der Waals surface area contributed by atoms with Crippen molar-refractivity contribution in [2.75, 3.05) is 18.5 Å². The van der Waals surface area contributed by atoms with E-state index in [1.807, 2.05) is 31.2 Å². The Kier molecular flexibility index (Phi) is 6.22. The van der Waals surface area contributed by atoms with Crippen LogP contribution in [0.15, 0.2) is 24.3 Å². The third-order valence-electron chi connectivity index (χ3n) is 2.33. The maximum atomic E-state index is 11.7. The molecule has 0 saturated heterocycles. The topological polar surface area (TPSA) is 50.4 Å². The minimum absolute atomic E-state index is 0.0109. The predicted octanol–water partition coefficient (Wildman–Crippen LogP) is 2.41. The number of anilines is 1. The molecule has 0 aliphatic rings. The molecule has 2 N–H and O–H groups in total. The second kappa shape index (κ2) is 7.71. The van der Waals surface area contributed by atoms with Crippen LogP contribution in [0.25, 0.3) is 0 Å². The zero-order valence-corrected chi connectivity index (χ0v) is 11.3. The molecule has 4 nitrogen and oxygen atoms in total. The van der Waals surface area contributed by atoms with Gasteiger partial charge in [0.1, 0.15) is 5.75 Å². The van der Waals surface area contributed by atoms with E-state index < -0.39 is 0 Å². The number of benzene rings is 1. The summed E-state index contributed by atoms with van der Waals surface area (Å²) < 4.78 is 5.38. The van der Waals surface area contributed by atoms with Crippen LogP contribution in [0.4, 0.5) is 5.69 Å². The van der Waals surface area contributed by atoms with Crippen LogP contribution in [0.2, 0.25) is 0 Å². The Bertz CT molecular complexity index is 378. The van der Waals surface area contributed by atoms with Gasteiger partial charge in [0.2, 0.25) is 5.91 Å². The van der Waals surface area contributed by atoms with Crippen LogP contribution in [0.1, 0.15) is 27.2 Å². The number of carbonyl (C=O) groups excluding carboxylic acids is 1. The summed E-state index contributed by atoms with van der Waals surface area (Å²) in [6, 6.07) is 7.83. The Morgan fingerprint density at radius 2 is 2.17 bits per heavy atom. The molecule has 0 fully saturated rings. The molecule has 0 unspecified atom stereocenters. The van der Waals surface area contributed by atoms with Gasteiger partial charge in [-0.05, 0) is 19.1 Å². The number of nitrogens with one attached hydrogen (secondary N) is 2. The Hall–Kier alpha value is -1.55. The third kappa shape index (κ3) is 5.68. The number of ether oxygens (including phenoxy) is 1. The Balaban J connectivity index is 2.41. The van der Waals surface area contributed by atoms with Gasteiger partial charge in [0.05, 0.1) is 6.61 Å². The van der Waals surface area contributed by atoms with Crippen LogP contribution < -0.4 is 15.4 Å². The summed E-state index contributed by atoms with van der Waals surface area (Å²) in [7, 11) is 0. The van der Waals surface area contributed by atoms with E-state index in [2.05, 4.69) is 24.5 Å². The first kappa shape index (κ1) is 14.5. The van der Waals surface area contributed by atoms with Gasteiger partial charge in [-0.15, -0.1) is 0 Å². The molecule has 100 valence electrons. The first-order valence-corrected chi connectivity index (χ1v) is 6.38. The van der Waals surface area contributed by atoms with Gasteiger partial charge >= 0.3 is 0 Å². The van der Waals surface area contributed by atoms with Crippen molar-refractivity contribution >= 4 is 11.6 Å². The summed E-state index contributed by atoms with van der Waals surface area (Å²) >= 11 is 0. The molecule has 0 heterocycles. The second-order valence-electron chi connectivity index (χ2n) is 4.37. The Morgan fingerprint density at radius 1 is 1.39 bits per heavy atom. The highest BCUT2D eigenvalue weighted by Crippen LogP contribution is 2.17. The monoisotopic (exact) mass is 250 g/mol.